The van der Waals surface area contributed by atoms with Gasteiger partial charge in [0.1, 0.15) is 5.69 Å². The van der Waals surface area contributed by atoms with Crippen LogP contribution in [0.1, 0.15) is 52.1 Å². The van der Waals surface area contributed by atoms with Gasteiger partial charge < -0.3 is 15.2 Å². The first-order chi connectivity index (χ1) is 12.2. The first-order valence-electron chi connectivity index (χ1n) is 8.99. The first kappa shape index (κ1) is 15.9. The van der Waals surface area contributed by atoms with Crippen molar-refractivity contribution in [1.82, 2.24) is 15.2 Å². The Morgan fingerprint density at radius 2 is 1.84 bits per heavy atom. The smallest absolute Gasteiger partial charge is 0.270 e. The highest BCUT2D eigenvalue weighted by molar-refractivity contribution is 5.99. The van der Waals surface area contributed by atoms with E-state index in [0.717, 1.165) is 38.8 Å². The summed E-state index contributed by atoms with van der Waals surface area (Å²) in [6, 6.07) is 12.0. The molecule has 1 aromatic heterocycles. The second-order valence-corrected chi connectivity index (χ2v) is 7.13. The number of carbonyl (C=O) groups excluding carboxylic acids is 2. The number of nitrogens with one attached hydrogen (secondary N) is 2. The first-order valence-corrected chi connectivity index (χ1v) is 8.99. The molecule has 2 aliphatic rings. The van der Waals surface area contributed by atoms with Crippen LogP contribution in [0.5, 0.6) is 0 Å². The van der Waals surface area contributed by atoms with Crippen molar-refractivity contribution in [1.29, 1.82) is 0 Å². The van der Waals surface area contributed by atoms with E-state index in [0.29, 0.717) is 17.8 Å². The van der Waals surface area contributed by atoms with Crippen molar-refractivity contribution >= 4 is 11.8 Å². The number of carbonyl (C=O) groups is 2. The summed E-state index contributed by atoms with van der Waals surface area (Å²) >= 11 is 0. The van der Waals surface area contributed by atoms with Crippen LogP contribution in [0.4, 0.5) is 0 Å². The highest BCUT2D eigenvalue weighted by Crippen LogP contribution is 2.47. The third kappa shape index (κ3) is 3.18. The number of aromatic amines is 1. The van der Waals surface area contributed by atoms with Gasteiger partial charge in [0.2, 0.25) is 0 Å². The monoisotopic (exact) mass is 337 g/mol. The van der Waals surface area contributed by atoms with Crippen molar-refractivity contribution in [3.63, 3.8) is 0 Å². The van der Waals surface area contributed by atoms with Crippen LogP contribution in [0.3, 0.4) is 0 Å². The van der Waals surface area contributed by atoms with E-state index in [2.05, 4.69) is 22.4 Å². The predicted octanol–water partition coefficient (Wildman–Crippen LogP) is 2.71. The Bertz CT molecular complexity index is 771. The zero-order valence-corrected chi connectivity index (χ0v) is 14.3. The molecule has 2 fully saturated rings. The third-order valence-electron chi connectivity index (χ3n) is 5.40. The van der Waals surface area contributed by atoms with E-state index in [1.54, 1.807) is 12.3 Å². The molecule has 130 valence electrons. The van der Waals surface area contributed by atoms with Gasteiger partial charge in [0.15, 0.2) is 0 Å². The Morgan fingerprint density at radius 1 is 1.12 bits per heavy atom. The lowest BCUT2D eigenvalue weighted by Gasteiger charge is -2.16. The largest absolute Gasteiger partial charge is 0.356 e. The number of hydrogen-bond donors (Lipinski definition) is 2. The van der Waals surface area contributed by atoms with Gasteiger partial charge >= 0.3 is 0 Å². The fourth-order valence-electron chi connectivity index (χ4n) is 3.60. The van der Waals surface area contributed by atoms with Crippen LogP contribution >= 0.6 is 0 Å². The van der Waals surface area contributed by atoms with Crippen LogP contribution in [0.25, 0.3) is 0 Å². The van der Waals surface area contributed by atoms with E-state index in [9.17, 15) is 9.59 Å². The van der Waals surface area contributed by atoms with E-state index in [1.807, 2.05) is 23.1 Å². The van der Waals surface area contributed by atoms with Crippen molar-refractivity contribution in [2.75, 3.05) is 19.6 Å². The second kappa shape index (κ2) is 6.39. The predicted molar refractivity (Wildman–Crippen MR) is 95.6 cm³/mol. The lowest BCUT2D eigenvalue weighted by molar-refractivity contribution is 0.0787. The van der Waals surface area contributed by atoms with Crippen LogP contribution in [-0.4, -0.2) is 41.3 Å². The molecule has 5 heteroatoms. The highest BCUT2D eigenvalue weighted by atomic mass is 16.2. The van der Waals surface area contributed by atoms with E-state index in [4.69, 9.17) is 0 Å². The minimum Gasteiger partial charge on any atom is -0.356 e. The number of likely N-dealkylation sites (tertiary alicyclic amines) is 1. The summed E-state index contributed by atoms with van der Waals surface area (Å²) < 4.78 is 0. The van der Waals surface area contributed by atoms with Crippen LogP contribution in [-0.2, 0) is 5.41 Å². The van der Waals surface area contributed by atoms with Gasteiger partial charge in [0, 0.05) is 31.2 Å². The summed E-state index contributed by atoms with van der Waals surface area (Å²) in [6.07, 6.45) is 5.94. The molecule has 0 unspecified atom stereocenters. The molecule has 4 rings (SSSR count). The molecule has 0 bridgehead atoms. The fourth-order valence-corrected chi connectivity index (χ4v) is 3.60. The molecule has 0 spiro atoms. The molecule has 1 aliphatic carbocycles. The molecule has 2 amide bonds. The van der Waals surface area contributed by atoms with Gasteiger partial charge in [0.05, 0.1) is 5.56 Å². The second-order valence-electron chi connectivity index (χ2n) is 7.13. The average molecular weight is 337 g/mol. The molecule has 2 aromatic rings. The summed E-state index contributed by atoms with van der Waals surface area (Å²) in [6.45, 7) is 2.24. The molecule has 25 heavy (non-hydrogen) atoms. The molecule has 1 aromatic carbocycles. The number of aromatic nitrogens is 1. The molecule has 2 N–H and O–H groups in total. The van der Waals surface area contributed by atoms with Gasteiger partial charge in [-0.05, 0) is 37.3 Å². The fraction of sp³-hybridized carbons (Fsp3) is 0.400. The van der Waals surface area contributed by atoms with E-state index in [1.165, 1.54) is 5.56 Å². The van der Waals surface area contributed by atoms with Crippen molar-refractivity contribution < 1.29 is 9.59 Å². The normalized spacial score (nSPS) is 18.2. The number of amides is 2. The number of H-pyrrole nitrogens is 1. The van der Waals surface area contributed by atoms with Crippen LogP contribution in [0.2, 0.25) is 0 Å². The molecular weight excluding hydrogens is 314 g/mol. The van der Waals surface area contributed by atoms with Crippen LogP contribution in [0.15, 0.2) is 42.6 Å². The van der Waals surface area contributed by atoms with Gasteiger partial charge in [-0.15, -0.1) is 0 Å². The van der Waals surface area contributed by atoms with Gasteiger partial charge in [-0.25, -0.2) is 0 Å². The zero-order valence-electron chi connectivity index (χ0n) is 14.3. The number of benzene rings is 1. The molecule has 1 aliphatic heterocycles. The minimum absolute atomic E-state index is 0.0144. The van der Waals surface area contributed by atoms with Gasteiger partial charge in [-0.3, -0.25) is 9.59 Å². The maximum atomic E-state index is 12.5. The molecule has 0 atom stereocenters. The van der Waals surface area contributed by atoms with Crippen molar-refractivity contribution in [2.45, 2.75) is 31.1 Å². The Morgan fingerprint density at radius 3 is 2.52 bits per heavy atom. The minimum atomic E-state index is -0.126. The lowest BCUT2D eigenvalue weighted by Crippen LogP contribution is -2.32. The van der Waals surface area contributed by atoms with Gasteiger partial charge in [0.25, 0.3) is 11.8 Å². The highest BCUT2D eigenvalue weighted by Gasteiger charge is 2.44. The average Bonchev–Trinajstić information content (AvgIpc) is 3.06. The van der Waals surface area contributed by atoms with Crippen LogP contribution in [0, 0.1) is 0 Å². The van der Waals surface area contributed by atoms with Crippen LogP contribution < -0.4 is 5.32 Å². The van der Waals surface area contributed by atoms with Crippen molar-refractivity contribution in [3.8, 4) is 0 Å². The summed E-state index contributed by atoms with van der Waals surface area (Å²) in [5, 5.41) is 3.04. The lowest BCUT2D eigenvalue weighted by atomic mass is 9.96. The molecule has 2 heterocycles. The third-order valence-corrected chi connectivity index (χ3v) is 5.40. The Labute approximate surface area is 147 Å². The summed E-state index contributed by atoms with van der Waals surface area (Å²) in [4.78, 5) is 29.6. The topological polar surface area (TPSA) is 65.2 Å². The molecule has 5 nitrogen and oxygen atoms in total. The molecule has 1 saturated heterocycles. The van der Waals surface area contributed by atoms with E-state index < -0.39 is 0 Å². The maximum Gasteiger partial charge on any atom is 0.270 e. The number of rotatable bonds is 5. The van der Waals surface area contributed by atoms with E-state index in [-0.39, 0.29) is 17.2 Å². The molecule has 1 saturated carbocycles. The molecular formula is C20H23N3O2. The zero-order chi connectivity index (χ0) is 17.3. The SMILES string of the molecule is O=C(NCC1(c2ccccc2)CC1)c1c[nH]c(C(=O)N2CCCC2)c1. The Kier molecular flexibility index (Phi) is 4.07. The van der Waals surface area contributed by atoms with Gasteiger partial charge in [-0.2, -0.15) is 0 Å². The van der Waals surface area contributed by atoms with Crippen molar-refractivity contribution in [2.24, 2.45) is 0 Å². The van der Waals surface area contributed by atoms with Gasteiger partial charge in [-0.1, -0.05) is 30.3 Å². The summed E-state index contributed by atoms with van der Waals surface area (Å²) in [5.74, 6) is -0.140. The summed E-state index contributed by atoms with van der Waals surface area (Å²) in [5.41, 5.74) is 2.39. The Hall–Kier alpha value is -2.56. The summed E-state index contributed by atoms with van der Waals surface area (Å²) in [7, 11) is 0. The Balaban J connectivity index is 1.38. The number of nitrogens with zero attached hydrogens (tertiary/aromatic N) is 1. The van der Waals surface area contributed by atoms with E-state index >= 15 is 0 Å². The number of hydrogen-bond acceptors (Lipinski definition) is 2. The van der Waals surface area contributed by atoms with Crippen molar-refractivity contribution in [3.05, 3.63) is 59.4 Å². The molecule has 0 radical (unpaired) electrons. The quantitative estimate of drug-likeness (QED) is 0.881. The maximum absolute atomic E-state index is 12.5. The standard InChI is InChI=1S/C20H23N3O2/c24-18(22-14-20(8-9-20)16-6-2-1-3-7-16)15-12-17(21-13-15)19(25)23-10-4-5-11-23/h1-3,6-7,12-13,21H,4-5,8-11,14H2,(H,22,24).